The van der Waals surface area contributed by atoms with E-state index in [2.05, 4.69) is 45.9 Å². The molecule has 1 aromatic heterocycles. The van der Waals surface area contributed by atoms with E-state index in [-0.39, 0.29) is 24.0 Å². The lowest BCUT2D eigenvalue weighted by molar-refractivity contribution is 0.164. The Hall–Kier alpha value is -0.410. The number of rotatable bonds is 5. The summed E-state index contributed by atoms with van der Waals surface area (Å²) in [7, 11) is 1.86. The van der Waals surface area contributed by atoms with Gasteiger partial charge in [0.1, 0.15) is 5.01 Å². The van der Waals surface area contributed by atoms with Gasteiger partial charge in [0.05, 0.1) is 6.54 Å². The average molecular weight is 451 g/mol. The van der Waals surface area contributed by atoms with Crippen LogP contribution in [0.2, 0.25) is 0 Å². The fourth-order valence-electron chi connectivity index (χ4n) is 2.74. The van der Waals surface area contributed by atoms with E-state index >= 15 is 0 Å². The van der Waals surface area contributed by atoms with Gasteiger partial charge in [0, 0.05) is 50.8 Å². The molecule has 1 N–H and O–H groups in total. The molecule has 23 heavy (non-hydrogen) atoms. The summed E-state index contributed by atoms with van der Waals surface area (Å²) in [5, 5.41) is 4.59. The third-order valence-electron chi connectivity index (χ3n) is 3.85. The molecule has 132 valence electrons. The minimum atomic E-state index is 0. The molecule has 0 unspecified atom stereocenters. The standard InChI is InChI=1S/C16H29N5S.HI/c1-5-14-10-18-15(22-14)11-19-16(17-4)21-8-6-20(7-9-21)12-13(2)3;/h10,13H,5-9,11-12H2,1-4H3,(H,17,19);1H. The summed E-state index contributed by atoms with van der Waals surface area (Å²) in [4.78, 5) is 15.1. The SMILES string of the molecule is CCc1cnc(CNC(=NC)N2CCN(CC(C)C)CC2)s1.I. The number of aliphatic imine (C=N–C) groups is 1. The van der Waals surface area contributed by atoms with Gasteiger partial charge >= 0.3 is 0 Å². The van der Waals surface area contributed by atoms with E-state index in [4.69, 9.17) is 0 Å². The van der Waals surface area contributed by atoms with Crippen LogP contribution in [0.1, 0.15) is 30.7 Å². The van der Waals surface area contributed by atoms with Crippen molar-refractivity contribution in [3.8, 4) is 0 Å². The molecular weight excluding hydrogens is 421 g/mol. The number of nitrogens with one attached hydrogen (secondary N) is 1. The molecule has 1 aromatic rings. The van der Waals surface area contributed by atoms with Crippen molar-refractivity contribution in [3.63, 3.8) is 0 Å². The van der Waals surface area contributed by atoms with Gasteiger partial charge < -0.3 is 10.2 Å². The summed E-state index contributed by atoms with van der Waals surface area (Å²) in [6.07, 6.45) is 3.04. The lowest BCUT2D eigenvalue weighted by Gasteiger charge is -2.37. The van der Waals surface area contributed by atoms with Gasteiger partial charge in [-0.1, -0.05) is 20.8 Å². The van der Waals surface area contributed by atoms with Crippen molar-refractivity contribution in [2.45, 2.75) is 33.7 Å². The normalized spacial score (nSPS) is 16.6. The van der Waals surface area contributed by atoms with Crippen LogP contribution in [0.4, 0.5) is 0 Å². The maximum atomic E-state index is 4.46. The molecule has 1 fully saturated rings. The average Bonchev–Trinajstić information content (AvgIpc) is 2.97. The highest BCUT2D eigenvalue weighted by Gasteiger charge is 2.19. The number of piperazine rings is 1. The monoisotopic (exact) mass is 451 g/mol. The molecular formula is C16H30IN5S. The third kappa shape index (κ3) is 6.54. The smallest absolute Gasteiger partial charge is 0.194 e. The topological polar surface area (TPSA) is 43.8 Å². The minimum Gasteiger partial charge on any atom is -0.350 e. The number of aryl methyl sites for hydroxylation is 1. The summed E-state index contributed by atoms with van der Waals surface area (Å²) in [5.41, 5.74) is 0. The number of halogens is 1. The number of aromatic nitrogens is 1. The van der Waals surface area contributed by atoms with E-state index in [1.54, 1.807) is 11.3 Å². The molecule has 0 bridgehead atoms. The summed E-state index contributed by atoms with van der Waals surface area (Å²) >= 11 is 1.78. The molecule has 2 rings (SSSR count). The Labute approximate surface area is 161 Å². The third-order valence-corrected chi connectivity index (χ3v) is 5.00. The second-order valence-corrected chi connectivity index (χ2v) is 7.36. The molecule has 1 saturated heterocycles. The fraction of sp³-hybridized carbons (Fsp3) is 0.750. The van der Waals surface area contributed by atoms with E-state index in [1.165, 1.54) is 11.4 Å². The molecule has 0 amide bonds. The molecule has 0 aromatic carbocycles. The first-order valence-electron chi connectivity index (χ1n) is 8.24. The van der Waals surface area contributed by atoms with Gasteiger partial charge in [0.2, 0.25) is 0 Å². The van der Waals surface area contributed by atoms with Gasteiger partial charge in [-0.15, -0.1) is 35.3 Å². The van der Waals surface area contributed by atoms with Gasteiger partial charge in [-0.2, -0.15) is 0 Å². The summed E-state index contributed by atoms with van der Waals surface area (Å²) in [5.74, 6) is 1.74. The molecule has 7 heteroatoms. The predicted octanol–water partition coefficient (Wildman–Crippen LogP) is 2.67. The van der Waals surface area contributed by atoms with E-state index in [0.29, 0.717) is 0 Å². The Morgan fingerprint density at radius 2 is 2.04 bits per heavy atom. The molecule has 1 aliphatic rings. The Kier molecular flexibility index (Phi) is 9.38. The summed E-state index contributed by atoms with van der Waals surface area (Å²) in [6, 6.07) is 0. The quantitative estimate of drug-likeness (QED) is 0.425. The van der Waals surface area contributed by atoms with Crippen LogP contribution in [0.3, 0.4) is 0 Å². The van der Waals surface area contributed by atoms with E-state index < -0.39 is 0 Å². The van der Waals surface area contributed by atoms with E-state index in [1.807, 2.05) is 13.2 Å². The van der Waals surface area contributed by atoms with Crippen molar-refractivity contribution >= 4 is 41.3 Å². The van der Waals surface area contributed by atoms with Crippen molar-refractivity contribution in [1.82, 2.24) is 20.1 Å². The molecule has 0 spiro atoms. The molecule has 1 aliphatic heterocycles. The maximum absolute atomic E-state index is 4.46. The predicted molar refractivity (Wildman–Crippen MR) is 110 cm³/mol. The summed E-state index contributed by atoms with van der Waals surface area (Å²) < 4.78 is 0. The largest absolute Gasteiger partial charge is 0.350 e. The zero-order chi connectivity index (χ0) is 15.9. The lowest BCUT2D eigenvalue weighted by atomic mass is 10.2. The van der Waals surface area contributed by atoms with Gasteiger partial charge in [0.25, 0.3) is 0 Å². The first-order valence-corrected chi connectivity index (χ1v) is 9.05. The highest BCUT2D eigenvalue weighted by Crippen LogP contribution is 2.13. The zero-order valence-corrected chi connectivity index (χ0v) is 17.9. The highest BCUT2D eigenvalue weighted by molar-refractivity contribution is 14.0. The fourth-order valence-corrected chi connectivity index (χ4v) is 3.54. The number of thiazole rings is 1. The van der Waals surface area contributed by atoms with Crippen LogP contribution >= 0.6 is 35.3 Å². The molecule has 0 radical (unpaired) electrons. The summed E-state index contributed by atoms with van der Waals surface area (Å²) in [6.45, 7) is 13.0. The van der Waals surface area contributed by atoms with Crippen molar-refractivity contribution in [3.05, 3.63) is 16.1 Å². The van der Waals surface area contributed by atoms with Gasteiger partial charge in [0.15, 0.2) is 5.96 Å². The van der Waals surface area contributed by atoms with Crippen LogP contribution in [0.25, 0.3) is 0 Å². The molecule has 0 aliphatic carbocycles. The highest BCUT2D eigenvalue weighted by atomic mass is 127. The Morgan fingerprint density at radius 1 is 1.35 bits per heavy atom. The van der Waals surface area contributed by atoms with Crippen molar-refractivity contribution in [1.29, 1.82) is 0 Å². The number of guanidine groups is 1. The zero-order valence-electron chi connectivity index (χ0n) is 14.7. The minimum absolute atomic E-state index is 0. The Balaban J connectivity index is 0.00000264. The Bertz CT molecular complexity index is 481. The number of hydrogen-bond donors (Lipinski definition) is 1. The van der Waals surface area contributed by atoms with Crippen molar-refractivity contribution in [2.24, 2.45) is 10.9 Å². The van der Waals surface area contributed by atoms with Gasteiger partial charge in [-0.25, -0.2) is 4.98 Å². The van der Waals surface area contributed by atoms with Crippen LogP contribution in [0, 0.1) is 5.92 Å². The van der Waals surface area contributed by atoms with E-state index in [9.17, 15) is 0 Å². The molecule has 5 nitrogen and oxygen atoms in total. The lowest BCUT2D eigenvalue weighted by Crippen LogP contribution is -2.52. The van der Waals surface area contributed by atoms with Crippen LogP contribution in [-0.4, -0.2) is 60.5 Å². The maximum Gasteiger partial charge on any atom is 0.194 e. The second kappa shape index (κ2) is 10.5. The van der Waals surface area contributed by atoms with Crippen molar-refractivity contribution in [2.75, 3.05) is 39.8 Å². The van der Waals surface area contributed by atoms with Crippen molar-refractivity contribution < 1.29 is 0 Å². The molecule has 0 atom stereocenters. The Morgan fingerprint density at radius 3 is 2.57 bits per heavy atom. The number of hydrogen-bond acceptors (Lipinski definition) is 4. The van der Waals surface area contributed by atoms with Crippen LogP contribution in [0.15, 0.2) is 11.2 Å². The van der Waals surface area contributed by atoms with Gasteiger partial charge in [-0.3, -0.25) is 9.89 Å². The van der Waals surface area contributed by atoms with E-state index in [0.717, 1.165) is 56.0 Å². The van der Waals surface area contributed by atoms with Crippen LogP contribution < -0.4 is 5.32 Å². The van der Waals surface area contributed by atoms with Crippen LogP contribution in [-0.2, 0) is 13.0 Å². The molecule has 2 heterocycles. The second-order valence-electron chi connectivity index (χ2n) is 6.16. The first kappa shape index (κ1) is 20.6. The number of nitrogens with zero attached hydrogens (tertiary/aromatic N) is 4. The van der Waals surface area contributed by atoms with Crippen LogP contribution in [0.5, 0.6) is 0 Å². The first-order chi connectivity index (χ1) is 10.6. The van der Waals surface area contributed by atoms with Gasteiger partial charge in [-0.05, 0) is 12.3 Å². The molecule has 0 saturated carbocycles.